The Morgan fingerprint density at radius 1 is 1.14 bits per heavy atom. The predicted octanol–water partition coefficient (Wildman–Crippen LogP) is 3.73. The lowest BCUT2D eigenvalue weighted by Gasteiger charge is -2.15. The zero-order chi connectivity index (χ0) is 15.4. The van der Waals surface area contributed by atoms with Crippen LogP contribution < -0.4 is 16.6 Å². The summed E-state index contributed by atoms with van der Waals surface area (Å²) in [5, 5.41) is 4.04. The van der Waals surface area contributed by atoms with Crippen molar-refractivity contribution in [1.82, 2.24) is 9.97 Å². The number of nitrogen functional groups attached to an aromatic ring is 1. The maximum atomic E-state index is 6.15. The van der Waals surface area contributed by atoms with Crippen LogP contribution in [0.2, 0.25) is 5.02 Å². The molecule has 0 aliphatic carbocycles. The molecule has 2 rings (SSSR count). The molecule has 1 heterocycles. The van der Waals surface area contributed by atoms with Crippen molar-refractivity contribution in [3.63, 3.8) is 0 Å². The highest BCUT2D eigenvalue weighted by Crippen LogP contribution is 2.28. The second-order valence-corrected chi connectivity index (χ2v) is 5.30. The van der Waals surface area contributed by atoms with Crippen LogP contribution in [0.15, 0.2) is 18.2 Å². The largest absolute Gasteiger partial charge is 0.340 e. The average Bonchev–Trinajstić information content (AvgIpc) is 2.47. The molecule has 4 N–H and O–H groups in total. The summed E-state index contributed by atoms with van der Waals surface area (Å²) in [6.45, 7) is 5.98. The van der Waals surface area contributed by atoms with E-state index in [1.165, 1.54) is 0 Å². The highest BCUT2D eigenvalue weighted by molar-refractivity contribution is 6.31. The van der Waals surface area contributed by atoms with Gasteiger partial charge in [0.05, 0.1) is 0 Å². The van der Waals surface area contributed by atoms with Crippen molar-refractivity contribution in [2.24, 2.45) is 5.84 Å². The third-order valence-electron chi connectivity index (χ3n) is 3.32. The molecule has 2 aromatic rings. The Balaban J connectivity index is 2.42. The van der Waals surface area contributed by atoms with Crippen molar-refractivity contribution < 1.29 is 0 Å². The van der Waals surface area contributed by atoms with E-state index in [2.05, 4.69) is 27.6 Å². The monoisotopic (exact) mass is 305 g/mol. The first-order valence-corrected chi connectivity index (χ1v) is 7.30. The molecule has 0 bridgehead atoms. The maximum Gasteiger partial charge on any atom is 0.148 e. The highest BCUT2D eigenvalue weighted by Gasteiger charge is 2.11. The Labute approximate surface area is 129 Å². The molecule has 21 heavy (non-hydrogen) atoms. The van der Waals surface area contributed by atoms with Gasteiger partial charge in [0.2, 0.25) is 0 Å². The van der Waals surface area contributed by atoms with Crippen LogP contribution in [0.1, 0.15) is 30.3 Å². The number of anilines is 3. The third kappa shape index (κ3) is 3.43. The number of halogens is 1. The molecule has 112 valence electrons. The molecule has 0 fully saturated rings. The molecule has 0 amide bonds. The second-order valence-electron chi connectivity index (χ2n) is 4.89. The minimum atomic E-state index is 0.635. The lowest BCUT2D eigenvalue weighted by molar-refractivity contribution is 0.833. The minimum Gasteiger partial charge on any atom is -0.340 e. The molecule has 0 atom stereocenters. The van der Waals surface area contributed by atoms with Crippen LogP contribution in [0.25, 0.3) is 0 Å². The molecular formula is C15H20ClN5. The number of nitrogens with one attached hydrogen (secondary N) is 2. The van der Waals surface area contributed by atoms with E-state index < -0.39 is 0 Å². The Kier molecular flexibility index (Phi) is 4.98. The number of hydrazine groups is 1. The summed E-state index contributed by atoms with van der Waals surface area (Å²) in [7, 11) is 0. The van der Waals surface area contributed by atoms with Crippen LogP contribution >= 0.6 is 11.6 Å². The number of nitrogens with two attached hydrogens (primary N) is 1. The SMILES string of the molecule is CCCc1nc(NN)c(C)c(Nc2cccc(Cl)c2C)n1. The normalized spacial score (nSPS) is 10.5. The molecule has 5 nitrogen and oxygen atoms in total. The molecule has 1 aromatic heterocycles. The predicted molar refractivity (Wildman–Crippen MR) is 88.0 cm³/mol. The summed E-state index contributed by atoms with van der Waals surface area (Å²) < 4.78 is 0. The van der Waals surface area contributed by atoms with Gasteiger partial charge in [0.15, 0.2) is 0 Å². The van der Waals surface area contributed by atoms with E-state index in [1.54, 1.807) is 0 Å². The van der Waals surface area contributed by atoms with E-state index in [0.717, 1.165) is 46.3 Å². The number of hydrogen-bond acceptors (Lipinski definition) is 5. The first kappa shape index (κ1) is 15.5. The Bertz CT molecular complexity index is 642. The first-order valence-electron chi connectivity index (χ1n) is 6.93. The lowest BCUT2D eigenvalue weighted by Crippen LogP contribution is -2.14. The number of rotatable bonds is 5. The second kappa shape index (κ2) is 6.74. The van der Waals surface area contributed by atoms with Gasteiger partial charge in [0, 0.05) is 22.7 Å². The number of aryl methyl sites for hydroxylation is 1. The first-order chi connectivity index (χ1) is 10.1. The summed E-state index contributed by atoms with van der Waals surface area (Å²) in [5.41, 5.74) is 5.41. The fraction of sp³-hybridized carbons (Fsp3) is 0.333. The summed E-state index contributed by atoms with van der Waals surface area (Å²) in [6, 6.07) is 5.74. The van der Waals surface area contributed by atoms with E-state index in [1.807, 2.05) is 32.0 Å². The molecule has 0 saturated carbocycles. The van der Waals surface area contributed by atoms with Crippen LogP contribution in [-0.2, 0) is 6.42 Å². The van der Waals surface area contributed by atoms with Gasteiger partial charge in [-0.1, -0.05) is 24.6 Å². The van der Waals surface area contributed by atoms with Gasteiger partial charge >= 0.3 is 0 Å². The third-order valence-corrected chi connectivity index (χ3v) is 3.73. The summed E-state index contributed by atoms with van der Waals surface area (Å²) in [4.78, 5) is 8.99. The van der Waals surface area contributed by atoms with E-state index in [0.29, 0.717) is 5.82 Å². The molecule has 0 radical (unpaired) electrons. The molecule has 0 aliphatic heterocycles. The van der Waals surface area contributed by atoms with Gasteiger partial charge in [-0.2, -0.15) is 0 Å². The van der Waals surface area contributed by atoms with E-state index in [4.69, 9.17) is 17.4 Å². The van der Waals surface area contributed by atoms with E-state index >= 15 is 0 Å². The van der Waals surface area contributed by atoms with Crippen molar-refractivity contribution in [3.05, 3.63) is 40.2 Å². The van der Waals surface area contributed by atoms with Gasteiger partial charge in [0.1, 0.15) is 17.5 Å². The number of aromatic nitrogens is 2. The van der Waals surface area contributed by atoms with Gasteiger partial charge in [-0.05, 0) is 38.0 Å². The van der Waals surface area contributed by atoms with E-state index in [-0.39, 0.29) is 0 Å². The van der Waals surface area contributed by atoms with Crippen LogP contribution in [-0.4, -0.2) is 9.97 Å². The van der Waals surface area contributed by atoms with Gasteiger partial charge in [-0.25, -0.2) is 15.8 Å². The van der Waals surface area contributed by atoms with Gasteiger partial charge < -0.3 is 10.7 Å². The molecule has 1 aromatic carbocycles. The fourth-order valence-corrected chi connectivity index (χ4v) is 2.21. The average molecular weight is 306 g/mol. The smallest absolute Gasteiger partial charge is 0.148 e. The van der Waals surface area contributed by atoms with Crippen LogP contribution in [0, 0.1) is 13.8 Å². The molecule has 0 spiro atoms. The molecule has 6 heteroatoms. The summed E-state index contributed by atoms with van der Waals surface area (Å²) >= 11 is 6.15. The van der Waals surface area contributed by atoms with Crippen LogP contribution in [0.3, 0.4) is 0 Å². The van der Waals surface area contributed by atoms with Gasteiger partial charge in [-0.3, -0.25) is 0 Å². The zero-order valence-corrected chi connectivity index (χ0v) is 13.3. The fourth-order valence-electron chi connectivity index (χ4n) is 2.03. The standard InChI is InChI=1S/C15H20ClN5/c1-4-6-13-19-14(10(3)15(20-13)21-17)18-12-8-5-7-11(16)9(12)2/h5,7-8H,4,6,17H2,1-3H3,(H2,18,19,20,21). The van der Waals surface area contributed by atoms with Gasteiger partial charge in [0.25, 0.3) is 0 Å². The molecule has 0 unspecified atom stereocenters. The topological polar surface area (TPSA) is 75.9 Å². The van der Waals surface area contributed by atoms with Crippen molar-refractivity contribution in [2.75, 3.05) is 10.7 Å². The summed E-state index contributed by atoms with van der Waals surface area (Å²) in [5.74, 6) is 7.68. The van der Waals surface area contributed by atoms with Crippen molar-refractivity contribution in [3.8, 4) is 0 Å². The number of nitrogens with zero attached hydrogens (tertiary/aromatic N) is 2. The Hall–Kier alpha value is -1.85. The number of hydrogen-bond donors (Lipinski definition) is 3. The summed E-state index contributed by atoms with van der Waals surface area (Å²) in [6.07, 6.45) is 1.78. The quantitative estimate of drug-likeness (QED) is 0.579. The van der Waals surface area contributed by atoms with Crippen LogP contribution in [0.4, 0.5) is 17.3 Å². The van der Waals surface area contributed by atoms with Crippen molar-refractivity contribution in [2.45, 2.75) is 33.6 Å². The molecule has 0 aliphatic rings. The maximum absolute atomic E-state index is 6.15. The minimum absolute atomic E-state index is 0.635. The molecule has 0 saturated heterocycles. The van der Waals surface area contributed by atoms with E-state index in [9.17, 15) is 0 Å². The van der Waals surface area contributed by atoms with Crippen LogP contribution in [0.5, 0.6) is 0 Å². The lowest BCUT2D eigenvalue weighted by atomic mass is 10.2. The Morgan fingerprint density at radius 3 is 2.52 bits per heavy atom. The highest BCUT2D eigenvalue weighted by atomic mass is 35.5. The zero-order valence-electron chi connectivity index (χ0n) is 12.5. The van der Waals surface area contributed by atoms with Crippen molar-refractivity contribution in [1.29, 1.82) is 0 Å². The van der Waals surface area contributed by atoms with Gasteiger partial charge in [-0.15, -0.1) is 0 Å². The van der Waals surface area contributed by atoms with Crippen molar-refractivity contribution >= 4 is 28.9 Å². The Morgan fingerprint density at radius 2 is 1.86 bits per heavy atom. The molecular weight excluding hydrogens is 286 g/mol. The number of benzene rings is 1.